The second-order valence-corrected chi connectivity index (χ2v) is 11.1. The maximum absolute atomic E-state index is 12.9. The first kappa shape index (κ1) is 25.2. The highest BCUT2D eigenvalue weighted by Gasteiger charge is 2.38. The van der Waals surface area contributed by atoms with Crippen LogP contribution in [0.4, 0.5) is 0 Å². The summed E-state index contributed by atoms with van der Waals surface area (Å²) in [5, 5.41) is 0. The predicted molar refractivity (Wildman–Crippen MR) is 135 cm³/mol. The molecule has 170 valence electrons. The molecule has 0 aromatic rings. The number of hydrogen-bond acceptors (Lipinski definition) is 1. The van der Waals surface area contributed by atoms with Gasteiger partial charge in [0.1, 0.15) is 0 Å². The Labute approximate surface area is 191 Å². The van der Waals surface area contributed by atoms with Crippen molar-refractivity contribution >= 4 is 5.91 Å². The third-order valence-corrected chi connectivity index (χ3v) is 6.60. The van der Waals surface area contributed by atoms with Gasteiger partial charge in [-0.15, -0.1) is 0 Å². The third kappa shape index (κ3) is 6.69. The molecule has 2 rings (SSSR count). The zero-order valence-corrected chi connectivity index (χ0v) is 21.1. The van der Waals surface area contributed by atoms with Gasteiger partial charge in [-0.1, -0.05) is 88.3 Å². The number of carbonyl (C=O) groups excluding carboxylic acids is 1. The summed E-state index contributed by atoms with van der Waals surface area (Å²) in [6, 6.07) is 0.113. The maximum Gasteiger partial charge on any atom is 0.247 e. The number of hydrogen-bond donors (Lipinski definition) is 0. The Balaban J connectivity index is 2.04. The fourth-order valence-corrected chi connectivity index (χ4v) is 5.03. The summed E-state index contributed by atoms with van der Waals surface area (Å²) in [6.07, 6.45) is 17.1. The zero-order chi connectivity index (χ0) is 23.4. The lowest BCUT2D eigenvalue weighted by molar-refractivity contribution is -0.128. The second-order valence-electron chi connectivity index (χ2n) is 11.1. The second kappa shape index (κ2) is 10.0. The molecule has 1 unspecified atom stereocenters. The van der Waals surface area contributed by atoms with E-state index in [1.54, 1.807) is 6.08 Å². The number of likely N-dealkylation sites (tertiary alicyclic amines) is 1. The highest BCUT2D eigenvalue weighted by Crippen LogP contribution is 2.40. The zero-order valence-electron chi connectivity index (χ0n) is 21.1. The molecule has 0 N–H and O–H groups in total. The van der Waals surface area contributed by atoms with Gasteiger partial charge in [-0.2, -0.15) is 0 Å². The molecule has 0 aromatic heterocycles. The van der Waals surface area contributed by atoms with Crippen molar-refractivity contribution in [2.45, 2.75) is 87.1 Å². The van der Waals surface area contributed by atoms with Gasteiger partial charge in [0, 0.05) is 12.6 Å². The summed E-state index contributed by atoms with van der Waals surface area (Å²) in [5.74, 6) is 0.0864. The summed E-state index contributed by atoms with van der Waals surface area (Å²) in [7, 11) is 0. The average molecular weight is 422 g/mol. The van der Waals surface area contributed by atoms with E-state index < -0.39 is 0 Å². The summed E-state index contributed by atoms with van der Waals surface area (Å²) >= 11 is 0. The van der Waals surface area contributed by atoms with E-state index in [0.29, 0.717) is 0 Å². The number of nitrogens with zero attached hydrogens (tertiary/aromatic N) is 1. The molecule has 1 saturated heterocycles. The summed E-state index contributed by atoms with van der Waals surface area (Å²) in [4.78, 5) is 14.8. The van der Waals surface area contributed by atoms with Gasteiger partial charge in [0.25, 0.3) is 0 Å². The molecule has 1 aliphatic carbocycles. The fourth-order valence-electron chi connectivity index (χ4n) is 5.03. The normalized spacial score (nSPS) is 23.5. The van der Waals surface area contributed by atoms with Gasteiger partial charge in [-0.3, -0.25) is 4.79 Å². The molecule has 2 aliphatic rings. The highest BCUT2D eigenvalue weighted by atomic mass is 16.2. The van der Waals surface area contributed by atoms with Crippen molar-refractivity contribution in [3.8, 4) is 0 Å². The lowest BCUT2D eigenvalue weighted by Gasteiger charge is -2.35. The molecule has 1 atom stereocenters. The van der Waals surface area contributed by atoms with E-state index in [0.717, 1.165) is 18.5 Å². The highest BCUT2D eigenvalue weighted by molar-refractivity contribution is 5.89. The molecule has 0 radical (unpaired) electrons. The minimum absolute atomic E-state index is 0.00764. The molecule has 1 fully saturated rings. The van der Waals surface area contributed by atoms with E-state index in [1.165, 1.54) is 41.6 Å². The Morgan fingerprint density at radius 3 is 2.42 bits per heavy atom. The monoisotopic (exact) mass is 421 g/mol. The lowest BCUT2D eigenvalue weighted by atomic mass is 9.72. The molecular formula is C29H43NO. The topological polar surface area (TPSA) is 20.3 Å². The molecule has 0 aromatic carbocycles. The van der Waals surface area contributed by atoms with Crippen LogP contribution in [0.25, 0.3) is 0 Å². The van der Waals surface area contributed by atoms with Crippen molar-refractivity contribution in [1.29, 1.82) is 0 Å². The van der Waals surface area contributed by atoms with E-state index in [4.69, 9.17) is 0 Å². The largest absolute Gasteiger partial charge is 0.332 e. The van der Waals surface area contributed by atoms with Crippen LogP contribution < -0.4 is 0 Å². The van der Waals surface area contributed by atoms with Crippen LogP contribution in [0.15, 0.2) is 70.9 Å². The Morgan fingerprint density at radius 2 is 1.81 bits per heavy atom. The van der Waals surface area contributed by atoms with Crippen molar-refractivity contribution in [3.05, 3.63) is 70.9 Å². The van der Waals surface area contributed by atoms with Crippen molar-refractivity contribution in [1.82, 2.24) is 4.90 Å². The van der Waals surface area contributed by atoms with E-state index in [1.807, 2.05) is 24.0 Å². The van der Waals surface area contributed by atoms with Gasteiger partial charge in [0.15, 0.2) is 0 Å². The molecule has 2 nitrogen and oxygen atoms in total. The van der Waals surface area contributed by atoms with Crippen LogP contribution in [0.5, 0.6) is 0 Å². The molecule has 0 bridgehead atoms. The van der Waals surface area contributed by atoms with Gasteiger partial charge < -0.3 is 4.90 Å². The van der Waals surface area contributed by atoms with Gasteiger partial charge in [0.05, 0.1) is 6.04 Å². The number of amides is 1. The van der Waals surface area contributed by atoms with Crippen LogP contribution >= 0.6 is 0 Å². The minimum Gasteiger partial charge on any atom is -0.332 e. The molecule has 0 spiro atoms. The van der Waals surface area contributed by atoms with Crippen molar-refractivity contribution < 1.29 is 4.79 Å². The van der Waals surface area contributed by atoms with E-state index >= 15 is 0 Å². The summed E-state index contributed by atoms with van der Waals surface area (Å²) in [6.45, 7) is 22.6. The molecule has 0 saturated carbocycles. The summed E-state index contributed by atoms with van der Waals surface area (Å²) < 4.78 is 0. The first-order valence-electron chi connectivity index (χ1n) is 11.7. The summed E-state index contributed by atoms with van der Waals surface area (Å²) in [5.41, 5.74) is 6.62. The molecule has 1 amide bonds. The van der Waals surface area contributed by atoms with Gasteiger partial charge in [-0.25, -0.2) is 0 Å². The Morgan fingerprint density at radius 1 is 1.13 bits per heavy atom. The van der Waals surface area contributed by atoms with Crippen LogP contribution in [0, 0.1) is 10.8 Å². The van der Waals surface area contributed by atoms with E-state index in [2.05, 4.69) is 73.3 Å². The van der Waals surface area contributed by atoms with Crippen molar-refractivity contribution in [3.63, 3.8) is 0 Å². The van der Waals surface area contributed by atoms with Gasteiger partial charge >= 0.3 is 0 Å². The SMILES string of the molecule is C=C1CCN(C(=O)/C=C(C)/C=C/C=C(C)\C=C\C2=C(C)CCCC2(C)C)C1C(C)(C)C. The van der Waals surface area contributed by atoms with Crippen LogP contribution in [0.2, 0.25) is 0 Å². The van der Waals surface area contributed by atoms with Gasteiger partial charge in [0.2, 0.25) is 5.91 Å². The number of allylic oxidation sites excluding steroid dienone is 9. The lowest BCUT2D eigenvalue weighted by Crippen LogP contribution is -2.43. The van der Waals surface area contributed by atoms with E-state index in [-0.39, 0.29) is 22.8 Å². The van der Waals surface area contributed by atoms with Crippen LogP contribution in [0.1, 0.15) is 81.1 Å². The first-order chi connectivity index (χ1) is 14.3. The number of carbonyl (C=O) groups is 1. The van der Waals surface area contributed by atoms with Gasteiger partial charge in [-0.05, 0) is 68.4 Å². The molecule has 31 heavy (non-hydrogen) atoms. The van der Waals surface area contributed by atoms with Crippen LogP contribution in [-0.4, -0.2) is 23.4 Å². The Kier molecular flexibility index (Phi) is 8.14. The minimum atomic E-state index is 0.00764. The number of rotatable bonds is 5. The standard InChI is InChI=1S/C29H43NO/c1-21(15-16-25-23(3)14-11-18-29(25,8)9)12-10-13-22(2)20-26(31)30-19-17-24(4)27(30)28(5,6)7/h10,12-13,15-16,20,27H,4,11,14,17-19H2,1-3,5-9H3/b13-10+,16-15+,21-12-,22-20+. The third-order valence-electron chi connectivity index (χ3n) is 6.60. The smallest absolute Gasteiger partial charge is 0.247 e. The molecule has 1 heterocycles. The average Bonchev–Trinajstić information content (AvgIpc) is 3.02. The van der Waals surface area contributed by atoms with Crippen molar-refractivity contribution in [2.24, 2.45) is 10.8 Å². The Bertz CT molecular complexity index is 852. The predicted octanol–water partition coefficient (Wildman–Crippen LogP) is 7.72. The van der Waals surface area contributed by atoms with Crippen molar-refractivity contribution in [2.75, 3.05) is 6.54 Å². The molecular weight excluding hydrogens is 378 g/mol. The quantitative estimate of drug-likeness (QED) is 0.253. The van der Waals surface area contributed by atoms with E-state index in [9.17, 15) is 4.79 Å². The van der Waals surface area contributed by atoms with Crippen LogP contribution in [-0.2, 0) is 4.79 Å². The van der Waals surface area contributed by atoms with Crippen LogP contribution in [0.3, 0.4) is 0 Å². The molecule has 2 heteroatoms. The molecule has 1 aliphatic heterocycles. The maximum atomic E-state index is 12.9. The fraction of sp³-hybridized carbons (Fsp3) is 0.552. The Hall–Kier alpha value is -2.09. The first-order valence-corrected chi connectivity index (χ1v) is 11.7.